The van der Waals surface area contributed by atoms with Gasteiger partial charge in [-0.2, -0.15) is 5.10 Å². The van der Waals surface area contributed by atoms with Gasteiger partial charge in [0.2, 0.25) is 0 Å². The van der Waals surface area contributed by atoms with Crippen molar-refractivity contribution in [3.05, 3.63) is 92.8 Å². The van der Waals surface area contributed by atoms with E-state index in [-0.39, 0.29) is 5.82 Å². The number of aromatic nitrogens is 3. The standard InChI is InChI=1S/C27H26FIN4O/c1-33(2)14-4-13-27(21-8-10-22(28)11-9-21)24-12-7-19(15-20(24)17-34-27)26-30-25(31-32-26)18-5-3-6-23(29)16-18/h3,5-12,15-16H,4,13-14,17H2,1-2H3,(H,30,31,32)/t27-/m0/s1. The molecule has 5 rings (SSSR count). The van der Waals surface area contributed by atoms with Crippen LogP contribution >= 0.6 is 22.6 Å². The van der Waals surface area contributed by atoms with Crippen LogP contribution in [0.25, 0.3) is 22.8 Å². The first-order valence-electron chi connectivity index (χ1n) is 11.3. The van der Waals surface area contributed by atoms with Crippen LogP contribution in [0.5, 0.6) is 0 Å². The van der Waals surface area contributed by atoms with E-state index in [0.29, 0.717) is 12.4 Å². The molecule has 2 heterocycles. The number of hydrogen-bond acceptors (Lipinski definition) is 4. The van der Waals surface area contributed by atoms with Crippen LogP contribution in [0.4, 0.5) is 4.39 Å². The van der Waals surface area contributed by atoms with Gasteiger partial charge in [0, 0.05) is 14.7 Å². The van der Waals surface area contributed by atoms with E-state index in [1.807, 2.05) is 30.3 Å². The highest BCUT2D eigenvalue weighted by atomic mass is 127. The monoisotopic (exact) mass is 568 g/mol. The summed E-state index contributed by atoms with van der Waals surface area (Å²) >= 11 is 2.29. The Morgan fingerprint density at radius 3 is 2.65 bits per heavy atom. The van der Waals surface area contributed by atoms with Gasteiger partial charge in [-0.25, -0.2) is 9.37 Å². The van der Waals surface area contributed by atoms with E-state index >= 15 is 0 Å². The number of aromatic amines is 1. The molecule has 34 heavy (non-hydrogen) atoms. The first-order chi connectivity index (χ1) is 16.4. The molecule has 1 atom stereocenters. The Labute approximate surface area is 212 Å². The second-order valence-corrected chi connectivity index (χ2v) is 10.2. The van der Waals surface area contributed by atoms with Crippen LogP contribution in [-0.4, -0.2) is 40.7 Å². The van der Waals surface area contributed by atoms with E-state index in [1.54, 1.807) is 0 Å². The number of ether oxygens (including phenoxy) is 1. The van der Waals surface area contributed by atoms with Crippen LogP contribution in [-0.2, 0) is 16.9 Å². The zero-order valence-corrected chi connectivity index (χ0v) is 21.3. The SMILES string of the molecule is CN(C)CCC[C@@]1(c2ccc(F)cc2)OCc2cc(-c3nc(-c4cccc(I)c4)n[nH]3)ccc21. The molecule has 174 valence electrons. The molecule has 0 radical (unpaired) electrons. The number of benzene rings is 3. The van der Waals surface area contributed by atoms with Crippen LogP contribution in [0.3, 0.4) is 0 Å². The Bertz CT molecular complexity index is 1300. The number of nitrogens with zero attached hydrogens (tertiary/aromatic N) is 3. The molecule has 7 heteroatoms. The molecule has 0 fully saturated rings. The first kappa shape index (κ1) is 23.1. The van der Waals surface area contributed by atoms with Crippen molar-refractivity contribution < 1.29 is 9.13 Å². The lowest BCUT2D eigenvalue weighted by molar-refractivity contribution is -0.0140. The van der Waals surface area contributed by atoms with Gasteiger partial charge in [0.25, 0.3) is 0 Å². The third-order valence-electron chi connectivity index (χ3n) is 6.30. The number of H-pyrrole nitrogens is 1. The largest absolute Gasteiger partial charge is 0.361 e. The zero-order valence-electron chi connectivity index (χ0n) is 19.2. The molecule has 1 aliphatic heterocycles. The Balaban J connectivity index is 1.48. The minimum absolute atomic E-state index is 0.241. The smallest absolute Gasteiger partial charge is 0.181 e. The van der Waals surface area contributed by atoms with E-state index in [0.717, 1.165) is 56.6 Å². The Morgan fingerprint density at radius 1 is 1.06 bits per heavy atom. The van der Waals surface area contributed by atoms with Gasteiger partial charge >= 0.3 is 0 Å². The topological polar surface area (TPSA) is 54.0 Å². The van der Waals surface area contributed by atoms with Crippen LogP contribution in [0.1, 0.15) is 29.5 Å². The molecule has 0 aliphatic carbocycles. The fourth-order valence-electron chi connectivity index (χ4n) is 4.63. The van der Waals surface area contributed by atoms with E-state index in [2.05, 4.69) is 76.0 Å². The quantitative estimate of drug-likeness (QED) is 0.278. The molecule has 5 nitrogen and oxygen atoms in total. The molecule has 0 unspecified atom stereocenters. The second-order valence-electron chi connectivity index (χ2n) is 8.92. The summed E-state index contributed by atoms with van der Waals surface area (Å²) in [7, 11) is 4.14. The van der Waals surface area contributed by atoms with Crippen molar-refractivity contribution in [1.82, 2.24) is 20.1 Å². The zero-order chi connectivity index (χ0) is 23.7. The summed E-state index contributed by atoms with van der Waals surface area (Å²) in [5.41, 5.74) is 4.62. The Hall–Kier alpha value is -2.62. The van der Waals surface area contributed by atoms with Gasteiger partial charge in [-0.3, -0.25) is 5.10 Å². The third kappa shape index (κ3) is 4.52. The molecule has 3 aromatic carbocycles. The molecular formula is C27H26FIN4O. The summed E-state index contributed by atoms with van der Waals surface area (Å²) in [4.78, 5) is 6.91. The van der Waals surface area contributed by atoms with Gasteiger partial charge in [0.15, 0.2) is 11.6 Å². The fraction of sp³-hybridized carbons (Fsp3) is 0.259. The summed E-state index contributed by atoms with van der Waals surface area (Å²) < 4.78 is 21.3. The third-order valence-corrected chi connectivity index (χ3v) is 6.97. The van der Waals surface area contributed by atoms with Gasteiger partial charge in [-0.1, -0.05) is 36.4 Å². The Morgan fingerprint density at radius 2 is 1.88 bits per heavy atom. The van der Waals surface area contributed by atoms with Gasteiger partial charge in [0.1, 0.15) is 11.4 Å². The van der Waals surface area contributed by atoms with E-state index in [9.17, 15) is 4.39 Å². The molecule has 1 aliphatic rings. The number of hydrogen-bond donors (Lipinski definition) is 1. The lowest BCUT2D eigenvalue weighted by Crippen LogP contribution is -2.28. The van der Waals surface area contributed by atoms with Crippen LogP contribution in [0, 0.1) is 9.39 Å². The maximum Gasteiger partial charge on any atom is 0.181 e. The molecule has 0 amide bonds. The summed E-state index contributed by atoms with van der Waals surface area (Å²) in [5, 5.41) is 7.51. The van der Waals surface area contributed by atoms with E-state index in [4.69, 9.17) is 9.72 Å². The first-order valence-corrected chi connectivity index (χ1v) is 12.4. The predicted octanol–water partition coefficient (Wildman–Crippen LogP) is 6.00. The average Bonchev–Trinajstić information content (AvgIpc) is 3.45. The van der Waals surface area contributed by atoms with Crippen molar-refractivity contribution in [3.8, 4) is 22.8 Å². The highest BCUT2D eigenvalue weighted by Crippen LogP contribution is 2.46. The minimum Gasteiger partial charge on any atom is -0.361 e. The van der Waals surface area contributed by atoms with Crippen LogP contribution in [0.2, 0.25) is 0 Å². The second kappa shape index (κ2) is 9.56. The summed E-state index contributed by atoms with van der Waals surface area (Å²) in [6, 6.07) is 21.2. The fourth-order valence-corrected chi connectivity index (χ4v) is 5.18. The molecule has 1 N–H and O–H groups in total. The number of halogens is 2. The summed E-state index contributed by atoms with van der Waals surface area (Å²) in [6.45, 7) is 1.46. The number of rotatable bonds is 7. The van der Waals surface area contributed by atoms with Crippen molar-refractivity contribution >= 4 is 22.6 Å². The molecule has 4 aromatic rings. The summed E-state index contributed by atoms with van der Waals surface area (Å²) in [5.74, 6) is 1.16. The van der Waals surface area contributed by atoms with Crippen molar-refractivity contribution in [2.45, 2.75) is 25.0 Å². The molecule has 0 saturated heterocycles. The van der Waals surface area contributed by atoms with Gasteiger partial charge in [-0.15, -0.1) is 0 Å². The van der Waals surface area contributed by atoms with Crippen LogP contribution < -0.4 is 0 Å². The molecule has 0 saturated carbocycles. The maximum atomic E-state index is 13.7. The van der Waals surface area contributed by atoms with Gasteiger partial charge in [0.05, 0.1) is 6.61 Å². The van der Waals surface area contributed by atoms with E-state index in [1.165, 1.54) is 12.1 Å². The lowest BCUT2D eigenvalue weighted by Gasteiger charge is -2.31. The normalized spacial score (nSPS) is 17.3. The average molecular weight is 568 g/mol. The molecule has 0 bridgehead atoms. The van der Waals surface area contributed by atoms with Crippen LogP contribution in [0.15, 0.2) is 66.7 Å². The summed E-state index contributed by atoms with van der Waals surface area (Å²) in [6.07, 6.45) is 1.79. The molecule has 1 aromatic heterocycles. The highest BCUT2D eigenvalue weighted by molar-refractivity contribution is 14.1. The van der Waals surface area contributed by atoms with Gasteiger partial charge < -0.3 is 9.64 Å². The highest BCUT2D eigenvalue weighted by Gasteiger charge is 2.41. The Kier molecular flexibility index (Phi) is 6.50. The van der Waals surface area contributed by atoms with Crippen molar-refractivity contribution in [2.75, 3.05) is 20.6 Å². The van der Waals surface area contributed by atoms with Crippen molar-refractivity contribution in [3.63, 3.8) is 0 Å². The molecular weight excluding hydrogens is 542 g/mol. The predicted molar refractivity (Wildman–Crippen MR) is 140 cm³/mol. The number of nitrogens with one attached hydrogen (secondary N) is 1. The van der Waals surface area contributed by atoms with Gasteiger partial charge in [-0.05, 0) is 103 Å². The minimum atomic E-state index is -0.578. The lowest BCUT2D eigenvalue weighted by atomic mass is 9.81. The molecule has 0 spiro atoms. The van der Waals surface area contributed by atoms with Crippen molar-refractivity contribution in [2.24, 2.45) is 0 Å². The number of fused-ring (bicyclic) bond motifs is 1. The van der Waals surface area contributed by atoms with Crippen molar-refractivity contribution in [1.29, 1.82) is 0 Å². The maximum absolute atomic E-state index is 13.7. The van der Waals surface area contributed by atoms with E-state index < -0.39 is 5.60 Å².